The topological polar surface area (TPSA) is 89.4 Å². The van der Waals surface area contributed by atoms with E-state index in [1.54, 1.807) is 36.8 Å². The molecular formula is C28H24FN5O2. The zero-order valence-electron chi connectivity index (χ0n) is 19.9. The molecule has 0 spiro atoms. The molecule has 36 heavy (non-hydrogen) atoms. The van der Waals surface area contributed by atoms with Crippen molar-refractivity contribution in [2.24, 2.45) is 5.16 Å². The lowest BCUT2D eigenvalue weighted by Gasteiger charge is -2.15. The quantitative estimate of drug-likeness (QED) is 0.376. The number of nitrogens with zero attached hydrogens (tertiary/aromatic N) is 4. The highest BCUT2D eigenvalue weighted by molar-refractivity contribution is 6.05. The van der Waals surface area contributed by atoms with Crippen LogP contribution in [0.1, 0.15) is 58.1 Å². The van der Waals surface area contributed by atoms with Crippen LogP contribution in [-0.4, -0.2) is 26.6 Å². The fourth-order valence-electron chi connectivity index (χ4n) is 4.01. The Morgan fingerprint density at radius 3 is 2.64 bits per heavy atom. The third-order valence-electron chi connectivity index (χ3n) is 6.06. The van der Waals surface area contributed by atoms with E-state index >= 15 is 0 Å². The van der Waals surface area contributed by atoms with Gasteiger partial charge in [0.25, 0.3) is 5.91 Å². The van der Waals surface area contributed by atoms with E-state index in [9.17, 15) is 9.18 Å². The van der Waals surface area contributed by atoms with Gasteiger partial charge in [-0.15, -0.1) is 0 Å². The van der Waals surface area contributed by atoms with E-state index in [4.69, 9.17) is 4.84 Å². The predicted octanol–water partition coefficient (Wildman–Crippen LogP) is 5.34. The second kappa shape index (κ2) is 10.0. The first kappa shape index (κ1) is 23.3. The number of aromatic nitrogens is 3. The molecule has 4 aromatic rings. The Kier molecular flexibility index (Phi) is 6.49. The van der Waals surface area contributed by atoms with E-state index < -0.39 is 5.95 Å². The number of hydrogen-bond donors (Lipinski definition) is 1. The third kappa shape index (κ3) is 5.12. The van der Waals surface area contributed by atoms with Crippen LogP contribution in [0.5, 0.6) is 0 Å². The number of benzene rings is 1. The van der Waals surface area contributed by atoms with Crippen molar-refractivity contribution in [3.8, 4) is 11.3 Å². The molecule has 8 heteroatoms. The summed E-state index contributed by atoms with van der Waals surface area (Å²) < 4.78 is 13.2. The second-order valence-electron chi connectivity index (χ2n) is 8.75. The smallest absolute Gasteiger partial charge is 0.251 e. The Labute approximate surface area is 208 Å². The van der Waals surface area contributed by atoms with Gasteiger partial charge in [0, 0.05) is 53.5 Å². The summed E-state index contributed by atoms with van der Waals surface area (Å²) in [5, 5.41) is 7.29. The van der Waals surface area contributed by atoms with Crippen LogP contribution < -0.4 is 5.32 Å². The molecule has 180 valence electrons. The number of pyridine rings is 3. The maximum atomic E-state index is 13.3. The van der Waals surface area contributed by atoms with Gasteiger partial charge in [-0.2, -0.15) is 4.39 Å². The highest BCUT2D eigenvalue weighted by Gasteiger charge is 2.25. The molecule has 0 radical (unpaired) electrons. The number of oxime groups is 1. The number of hydrogen-bond acceptors (Lipinski definition) is 6. The lowest BCUT2D eigenvalue weighted by molar-refractivity contribution is 0.0855. The average Bonchev–Trinajstić information content (AvgIpc) is 3.40. The lowest BCUT2D eigenvalue weighted by atomic mass is 9.96. The van der Waals surface area contributed by atoms with Crippen molar-refractivity contribution in [1.82, 2.24) is 20.3 Å². The Bertz CT molecular complexity index is 1410. The first-order valence-corrected chi connectivity index (χ1v) is 11.6. The third-order valence-corrected chi connectivity index (χ3v) is 6.06. The molecule has 1 aromatic carbocycles. The lowest BCUT2D eigenvalue weighted by Crippen LogP contribution is -2.27. The van der Waals surface area contributed by atoms with Gasteiger partial charge in [-0.3, -0.25) is 14.8 Å². The van der Waals surface area contributed by atoms with Gasteiger partial charge in [0.1, 0.15) is 0 Å². The Hall–Kier alpha value is -4.46. The summed E-state index contributed by atoms with van der Waals surface area (Å²) in [6.45, 7) is 3.80. The number of carbonyl (C=O) groups is 1. The molecule has 1 aliphatic heterocycles. The minimum Gasteiger partial charge on any atom is -0.387 e. The summed E-state index contributed by atoms with van der Waals surface area (Å²) in [5.41, 5.74) is 6.20. The van der Waals surface area contributed by atoms with Crippen LogP contribution in [0.25, 0.3) is 11.3 Å². The van der Waals surface area contributed by atoms with Crippen molar-refractivity contribution >= 4 is 11.6 Å². The van der Waals surface area contributed by atoms with Crippen LogP contribution in [0.4, 0.5) is 4.39 Å². The van der Waals surface area contributed by atoms with E-state index in [2.05, 4.69) is 25.4 Å². The number of carbonyl (C=O) groups excluding carboxylic acids is 1. The standard InChI is InChI=1S/C28H24FN5O2/c1-17-5-7-24(31-14-17)21-10-22(25-13-26(36-34-25)20-4-3-9-30-15-20)12-23(11-21)28(35)33-18(2)19-6-8-27(29)32-16-19/h3-12,14-16,18,26H,13H2,1-2H3,(H,33,35)/t18-,26?/m1/s1. The van der Waals surface area contributed by atoms with Crippen LogP contribution in [0.15, 0.2) is 84.5 Å². The van der Waals surface area contributed by atoms with Gasteiger partial charge < -0.3 is 10.2 Å². The Morgan fingerprint density at radius 1 is 1.06 bits per heavy atom. The normalized spacial score (nSPS) is 15.6. The maximum absolute atomic E-state index is 13.3. The molecule has 4 heterocycles. The van der Waals surface area contributed by atoms with Crippen molar-refractivity contribution in [1.29, 1.82) is 0 Å². The van der Waals surface area contributed by atoms with Gasteiger partial charge in [0.05, 0.1) is 17.4 Å². The molecule has 7 nitrogen and oxygen atoms in total. The van der Waals surface area contributed by atoms with Gasteiger partial charge in [-0.1, -0.05) is 23.4 Å². The molecule has 1 N–H and O–H groups in total. The molecule has 1 amide bonds. The summed E-state index contributed by atoms with van der Waals surface area (Å²) in [6.07, 6.45) is 7.00. The number of amides is 1. The predicted molar refractivity (Wildman–Crippen MR) is 134 cm³/mol. The minimum absolute atomic E-state index is 0.238. The maximum Gasteiger partial charge on any atom is 0.251 e. The summed E-state index contributed by atoms with van der Waals surface area (Å²) in [4.78, 5) is 31.4. The van der Waals surface area contributed by atoms with Gasteiger partial charge in [-0.25, -0.2) is 4.98 Å². The number of halogens is 1. The molecule has 2 atom stereocenters. The molecule has 0 aliphatic carbocycles. The molecule has 0 saturated carbocycles. The number of rotatable bonds is 6. The Morgan fingerprint density at radius 2 is 1.92 bits per heavy atom. The highest BCUT2D eigenvalue weighted by Crippen LogP contribution is 2.31. The van der Waals surface area contributed by atoms with E-state index in [0.717, 1.165) is 33.7 Å². The van der Waals surface area contributed by atoms with Gasteiger partial charge in [0.15, 0.2) is 6.10 Å². The molecule has 0 saturated heterocycles. The first-order valence-electron chi connectivity index (χ1n) is 11.6. The molecule has 1 unspecified atom stereocenters. The van der Waals surface area contributed by atoms with Crippen LogP contribution in [0, 0.1) is 12.9 Å². The molecule has 1 aliphatic rings. The number of nitrogens with one attached hydrogen (secondary N) is 1. The molecular weight excluding hydrogens is 457 g/mol. The van der Waals surface area contributed by atoms with Crippen LogP contribution >= 0.6 is 0 Å². The SMILES string of the molecule is Cc1ccc(-c2cc(C(=O)N[C@H](C)c3ccc(F)nc3)cc(C3=NOC(c4cccnc4)C3)c2)nc1. The average molecular weight is 482 g/mol. The van der Waals surface area contributed by atoms with Crippen molar-refractivity contribution in [3.05, 3.63) is 113 Å². The van der Waals surface area contributed by atoms with Crippen LogP contribution in [-0.2, 0) is 4.84 Å². The largest absolute Gasteiger partial charge is 0.387 e. The van der Waals surface area contributed by atoms with Gasteiger partial charge in [-0.05, 0) is 61.4 Å². The molecule has 3 aromatic heterocycles. The summed E-state index contributed by atoms with van der Waals surface area (Å²) >= 11 is 0. The van der Waals surface area contributed by atoms with E-state index in [-0.39, 0.29) is 18.1 Å². The fraction of sp³-hybridized carbons (Fsp3) is 0.179. The van der Waals surface area contributed by atoms with Crippen molar-refractivity contribution < 1.29 is 14.0 Å². The highest BCUT2D eigenvalue weighted by atomic mass is 19.1. The van der Waals surface area contributed by atoms with Gasteiger partial charge in [0.2, 0.25) is 5.95 Å². The molecule has 0 bridgehead atoms. The van der Waals surface area contributed by atoms with Gasteiger partial charge >= 0.3 is 0 Å². The minimum atomic E-state index is -0.565. The Balaban J connectivity index is 1.45. The van der Waals surface area contributed by atoms with E-state index in [1.807, 2.05) is 44.2 Å². The van der Waals surface area contributed by atoms with Crippen molar-refractivity contribution in [3.63, 3.8) is 0 Å². The first-order chi connectivity index (χ1) is 17.5. The number of aryl methyl sites for hydroxylation is 1. The fourth-order valence-corrected chi connectivity index (χ4v) is 4.01. The zero-order chi connectivity index (χ0) is 25.1. The van der Waals surface area contributed by atoms with E-state index in [0.29, 0.717) is 17.5 Å². The summed E-state index contributed by atoms with van der Waals surface area (Å²) in [5.74, 6) is -0.838. The van der Waals surface area contributed by atoms with Crippen LogP contribution in [0.3, 0.4) is 0 Å². The van der Waals surface area contributed by atoms with Crippen LogP contribution in [0.2, 0.25) is 0 Å². The van der Waals surface area contributed by atoms with Crippen molar-refractivity contribution in [2.45, 2.75) is 32.4 Å². The second-order valence-corrected chi connectivity index (χ2v) is 8.75. The molecule has 5 rings (SSSR count). The molecule has 0 fully saturated rings. The zero-order valence-corrected chi connectivity index (χ0v) is 19.9. The van der Waals surface area contributed by atoms with E-state index in [1.165, 1.54) is 12.3 Å². The summed E-state index contributed by atoms with van der Waals surface area (Å²) in [6, 6.07) is 15.8. The monoisotopic (exact) mass is 481 g/mol. The summed E-state index contributed by atoms with van der Waals surface area (Å²) in [7, 11) is 0. The van der Waals surface area contributed by atoms with Crippen molar-refractivity contribution in [2.75, 3.05) is 0 Å².